The highest BCUT2D eigenvalue weighted by Crippen LogP contribution is 2.37. The third kappa shape index (κ3) is 4.17. The fraction of sp³-hybridized carbons (Fsp3) is 0.435. The molecule has 0 bridgehead atoms. The van der Waals surface area contributed by atoms with Gasteiger partial charge in [0.2, 0.25) is 0 Å². The lowest BCUT2D eigenvalue weighted by Gasteiger charge is -2.32. The van der Waals surface area contributed by atoms with Crippen LogP contribution in [-0.4, -0.2) is 43.2 Å². The highest BCUT2D eigenvalue weighted by molar-refractivity contribution is 7.20. The molecule has 0 radical (unpaired) electrons. The van der Waals surface area contributed by atoms with Gasteiger partial charge in [-0.2, -0.15) is 0 Å². The topological polar surface area (TPSA) is 76.6 Å². The van der Waals surface area contributed by atoms with Crippen LogP contribution in [0.3, 0.4) is 0 Å². The fourth-order valence-corrected chi connectivity index (χ4v) is 5.30. The number of carbonyl (C=O) groups is 1. The molecule has 1 amide bonds. The van der Waals surface area contributed by atoms with Crippen LogP contribution in [0.5, 0.6) is 11.5 Å². The largest absolute Gasteiger partial charge is 0.497 e. The first-order valence-corrected chi connectivity index (χ1v) is 11.4. The van der Waals surface area contributed by atoms with Crippen molar-refractivity contribution in [3.8, 4) is 11.5 Å². The van der Waals surface area contributed by atoms with E-state index in [1.165, 1.54) is 43.4 Å². The molecule has 7 nitrogen and oxygen atoms in total. The van der Waals surface area contributed by atoms with E-state index in [0.717, 1.165) is 21.6 Å². The maximum Gasteiger partial charge on any atom is 0.266 e. The van der Waals surface area contributed by atoms with Crippen molar-refractivity contribution >= 4 is 39.0 Å². The predicted octanol–water partition coefficient (Wildman–Crippen LogP) is 5.04. The number of ether oxygens (including phenoxy) is 2. The third-order valence-corrected chi connectivity index (χ3v) is 7.23. The number of rotatable bonds is 6. The van der Waals surface area contributed by atoms with Gasteiger partial charge in [-0.3, -0.25) is 4.79 Å². The number of nitrogens with zero attached hydrogens (tertiary/aromatic N) is 3. The van der Waals surface area contributed by atoms with E-state index in [0.29, 0.717) is 28.1 Å². The molecular formula is C23H28N4O3S. The highest BCUT2D eigenvalue weighted by Gasteiger charge is 2.25. The van der Waals surface area contributed by atoms with Crippen LogP contribution in [0.1, 0.15) is 47.3 Å². The molecule has 0 unspecified atom stereocenters. The Hall–Kier alpha value is -2.87. The third-order valence-electron chi connectivity index (χ3n) is 6.03. The lowest BCUT2D eigenvalue weighted by atomic mass is 9.94. The Morgan fingerprint density at radius 2 is 1.94 bits per heavy atom. The molecule has 1 saturated carbocycles. The lowest BCUT2D eigenvalue weighted by Crippen LogP contribution is -2.34. The quantitative estimate of drug-likeness (QED) is 0.579. The second-order valence-corrected chi connectivity index (χ2v) is 8.86. The van der Waals surface area contributed by atoms with E-state index >= 15 is 0 Å². The van der Waals surface area contributed by atoms with Crippen LogP contribution in [0.15, 0.2) is 24.5 Å². The maximum absolute atomic E-state index is 13.2. The molecule has 0 aliphatic heterocycles. The minimum absolute atomic E-state index is 0.185. The Morgan fingerprint density at radius 1 is 1.16 bits per heavy atom. The zero-order valence-corrected chi connectivity index (χ0v) is 19.2. The SMILES string of the molecule is COc1ccc(NC(=O)c2sc3ncnc(N(C)C4CCCCC4)c3c2C)c(OC)c1. The minimum Gasteiger partial charge on any atom is -0.497 e. The van der Waals surface area contributed by atoms with Gasteiger partial charge in [0.15, 0.2) is 0 Å². The number of fused-ring (bicyclic) bond motifs is 1. The number of amides is 1. The summed E-state index contributed by atoms with van der Waals surface area (Å²) >= 11 is 1.40. The molecule has 1 fully saturated rings. The number of nitrogens with one attached hydrogen (secondary N) is 1. The van der Waals surface area contributed by atoms with E-state index in [4.69, 9.17) is 9.47 Å². The number of aryl methyl sites for hydroxylation is 1. The molecule has 0 spiro atoms. The van der Waals surface area contributed by atoms with Gasteiger partial charge < -0.3 is 19.7 Å². The van der Waals surface area contributed by atoms with E-state index in [-0.39, 0.29) is 5.91 Å². The average molecular weight is 441 g/mol. The highest BCUT2D eigenvalue weighted by atomic mass is 32.1. The van der Waals surface area contributed by atoms with Crippen LogP contribution < -0.4 is 19.7 Å². The molecule has 4 rings (SSSR count). The van der Waals surface area contributed by atoms with Gasteiger partial charge >= 0.3 is 0 Å². The van der Waals surface area contributed by atoms with Crippen LogP contribution >= 0.6 is 11.3 Å². The van der Waals surface area contributed by atoms with Crippen LogP contribution in [0.2, 0.25) is 0 Å². The minimum atomic E-state index is -0.185. The van der Waals surface area contributed by atoms with Crippen LogP contribution in [-0.2, 0) is 0 Å². The second-order valence-electron chi connectivity index (χ2n) is 7.86. The number of benzene rings is 1. The molecule has 0 saturated heterocycles. The Kier molecular flexibility index (Phi) is 6.27. The number of hydrogen-bond acceptors (Lipinski definition) is 7. The number of thiophene rings is 1. The molecule has 1 N–H and O–H groups in total. The molecule has 3 aromatic rings. The predicted molar refractivity (Wildman–Crippen MR) is 125 cm³/mol. The molecule has 0 atom stereocenters. The van der Waals surface area contributed by atoms with Gasteiger partial charge in [0.1, 0.15) is 28.5 Å². The molecule has 31 heavy (non-hydrogen) atoms. The molecule has 2 aromatic heterocycles. The van der Waals surface area contributed by atoms with Crippen molar-refractivity contribution in [3.05, 3.63) is 35.0 Å². The summed E-state index contributed by atoms with van der Waals surface area (Å²) in [5.74, 6) is 1.93. The Bertz CT molecular complexity index is 1090. The molecule has 2 heterocycles. The first-order chi connectivity index (χ1) is 15.0. The van der Waals surface area contributed by atoms with E-state index in [9.17, 15) is 4.79 Å². The molecule has 1 aromatic carbocycles. The maximum atomic E-state index is 13.2. The molecular weight excluding hydrogens is 412 g/mol. The van der Waals surface area contributed by atoms with E-state index < -0.39 is 0 Å². The van der Waals surface area contributed by atoms with Crippen molar-refractivity contribution in [2.45, 2.75) is 45.1 Å². The zero-order chi connectivity index (χ0) is 22.0. The van der Waals surface area contributed by atoms with E-state index in [1.807, 2.05) is 6.92 Å². The first kappa shape index (κ1) is 21.4. The Labute approximate surface area is 186 Å². The van der Waals surface area contributed by atoms with Crippen molar-refractivity contribution in [2.75, 3.05) is 31.5 Å². The van der Waals surface area contributed by atoms with Crippen LogP contribution in [0, 0.1) is 6.92 Å². The Balaban J connectivity index is 1.66. The van der Waals surface area contributed by atoms with Crippen molar-refractivity contribution in [3.63, 3.8) is 0 Å². The normalized spacial score (nSPS) is 14.5. The second kappa shape index (κ2) is 9.09. The zero-order valence-electron chi connectivity index (χ0n) is 18.4. The molecule has 164 valence electrons. The number of carbonyl (C=O) groups excluding carboxylic acids is 1. The van der Waals surface area contributed by atoms with Gasteiger partial charge in [0.25, 0.3) is 5.91 Å². The number of anilines is 2. The number of hydrogen-bond donors (Lipinski definition) is 1. The average Bonchev–Trinajstić information content (AvgIpc) is 3.16. The lowest BCUT2D eigenvalue weighted by molar-refractivity contribution is 0.102. The van der Waals surface area contributed by atoms with E-state index in [1.54, 1.807) is 38.7 Å². The van der Waals surface area contributed by atoms with Crippen LogP contribution in [0.4, 0.5) is 11.5 Å². The van der Waals surface area contributed by atoms with Gasteiger partial charge in [-0.15, -0.1) is 11.3 Å². The molecule has 8 heteroatoms. The first-order valence-electron chi connectivity index (χ1n) is 10.5. The summed E-state index contributed by atoms with van der Waals surface area (Å²) in [6.45, 7) is 1.97. The Morgan fingerprint density at radius 3 is 2.65 bits per heavy atom. The monoisotopic (exact) mass is 440 g/mol. The summed E-state index contributed by atoms with van der Waals surface area (Å²) < 4.78 is 10.6. The number of aromatic nitrogens is 2. The molecule has 1 aliphatic carbocycles. The smallest absolute Gasteiger partial charge is 0.266 e. The standard InChI is InChI=1S/C23H28N4O3S/c1-14-19-21(27(2)15-8-6-5-7-9-15)24-13-25-23(19)31-20(14)22(28)26-17-11-10-16(29-3)12-18(17)30-4/h10-13,15H,5-9H2,1-4H3,(H,26,28). The summed E-state index contributed by atoms with van der Waals surface area (Å²) in [4.78, 5) is 26.0. The summed E-state index contributed by atoms with van der Waals surface area (Å²) in [7, 11) is 5.27. The van der Waals surface area contributed by atoms with Gasteiger partial charge in [0, 0.05) is 19.2 Å². The van der Waals surface area contributed by atoms with Crippen molar-refractivity contribution < 1.29 is 14.3 Å². The summed E-state index contributed by atoms with van der Waals surface area (Å²) in [6, 6.07) is 5.79. The summed E-state index contributed by atoms with van der Waals surface area (Å²) in [5.41, 5.74) is 1.50. The summed E-state index contributed by atoms with van der Waals surface area (Å²) in [5, 5.41) is 3.94. The summed E-state index contributed by atoms with van der Waals surface area (Å²) in [6.07, 6.45) is 7.76. The van der Waals surface area contributed by atoms with Gasteiger partial charge in [-0.05, 0) is 37.5 Å². The van der Waals surface area contributed by atoms with Crippen LogP contribution in [0.25, 0.3) is 10.2 Å². The van der Waals surface area contributed by atoms with E-state index in [2.05, 4.69) is 27.2 Å². The van der Waals surface area contributed by atoms with Crippen molar-refractivity contribution in [1.82, 2.24) is 9.97 Å². The fourth-order valence-electron chi connectivity index (χ4n) is 4.26. The van der Waals surface area contributed by atoms with Crippen molar-refractivity contribution in [2.24, 2.45) is 0 Å². The van der Waals surface area contributed by atoms with Gasteiger partial charge in [-0.25, -0.2) is 9.97 Å². The van der Waals surface area contributed by atoms with Gasteiger partial charge in [-0.1, -0.05) is 19.3 Å². The molecule has 1 aliphatic rings. The van der Waals surface area contributed by atoms with Crippen molar-refractivity contribution in [1.29, 1.82) is 0 Å². The van der Waals surface area contributed by atoms with Gasteiger partial charge in [0.05, 0.1) is 30.2 Å². The number of methoxy groups -OCH3 is 2.